The van der Waals surface area contributed by atoms with Crippen LogP contribution in [0.3, 0.4) is 0 Å². The van der Waals surface area contributed by atoms with E-state index in [0.29, 0.717) is 35.6 Å². The average molecular weight is 378 g/mol. The van der Waals surface area contributed by atoms with E-state index < -0.39 is 0 Å². The Kier molecular flexibility index (Phi) is 7.61. The second-order valence-electron chi connectivity index (χ2n) is 6.42. The van der Waals surface area contributed by atoms with E-state index in [1.165, 1.54) is 5.56 Å². The molecule has 2 rings (SSSR count). The SMILES string of the molecule is CCOc1cc(CNC(c2ccc(OC)cc2)C(C)C)cc(Cl)c1OC. The maximum Gasteiger partial charge on any atom is 0.179 e. The van der Waals surface area contributed by atoms with Gasteiger partial charge in [-0.2, -0.15) is 0 Å². The van der Waals surface area contributed by atoms with Crippen LogP contribution in [0.15, 0.2) is 36.4 Å². The molecule has 0 saturated carbocycles. The summed E-state index contributed by atoms with van der Waals surface area (Å²) in [7, 11) is 3.27. The quantitative estimate of drug-likeness (QED) is 0.648. The minimum absolute atomic E-state index is 0.220. The molecule has 1 N–H and O–H groups in total. The Morgan fingerprint density at radius 3 is 2.27 bits per heavy atom. The van der Waals surface area contributed by atoms with E-state index in [1.54, 1.807) is 14.2 Å². The van der Waals surface area contributed by atoms with Gasteiger partial charge in [0.15, 0.2) is 11.5 Å². The van der Waals surface area contributed by atoms with Crippen molar-refractivity contribution in [2.75, 3.05) is 20.8 Å². The van der Waals surface area contributed by atoms with Gasteiger partial charge >= 0.3 is 0 Å². The number of hydrogen-bond acceptors (Lipinski definition) is 4. The average Bonchev–Trinajstić information content (AvgIpc) is 2.62. The van der Waals surface area contributed by atoms with Crippen LogP contribution in [0.5, 0.6) is 17.2 Å². The summed E-state index contributed by atoms with van der Waals surface area (Å²) in [6.45, 7) is 7.59. The largest absolute Gasteiger partial charge is 0.497 e. The highest BCUT2D eigenvalue weighted by Gasteiger charge is 2.17. The third kappa shape index (κ3) is 5.05. The Hall–Kier alpha value is -1.91. The lowest BCUT2D eigenvalue weighted by Gasteiger charge is -2.24. The van der Waals surface area contributed by atoms with E-state index in [4.69, 9.17) is 25.8 Å². The Bertz CT molecular complexity index is 701. The van der Waals surface area contributed by atoms with Crippen molar-refractivity contribution in [3.8, 4) is 17.2 Å². The number of nitrogens with one attached hydrogen (secondary N) is 1. The molecular formula is C21H28ClNO3. The van der Waals surface area contributed by atoms with Crippen LogP contribution in [0.2, 0.25) is 5.02 Å². The van der Waals surface area contributed by atoms with Gasteiger partial charge in [0.1, 0.15) is 5.75 Å². The van der Waals surface area contributed by atoms with E-state index in [9.17, 15) is 0 Å². The number of rotatable bonds is 9. The van der Waals surface area contributed by atoms with Crippen LogP contribution in [0.4, 0.5) is 0 Å². The molecule has 1 atom stereocenters. The smallest absolute Gasteiger partial charge is 0.179 e. The van der Waals surface area contributed by atoms with Crippen LogP contribution < -0.4 is 19.5 Å². The first-order valence-corrected chi connectivity index (χ1v) is 9.24. The molecule has 5 heteroatoms. The Balaban J connectivity index is 2.18. The number of ether oxygens (including phenoxy) is 3. The summed E-state index contributed by atoms with van der Waals surface area (Å²) in [6.07, 6.45) is 0. The maximum atomic E-state index is 6.35. The molecule has 0 bridgehead atoms. The predicted octanol–water partition coefficient (Wildman–Crippen LogP) is 5.24. The minimum Gasteiger partial charge on any atom is -0.497 e. The zero-order valence-corrected chi connectivity index (χ0v) is 16.9. The molecule has 0 heterocycles. The molecular weight excluding hydrogens is 350 g/mol. The van der Waals surface area contributed by atoms with E-state index in [0.717, 1.165) is 11.3 Å². The van der Waals surface area contributed by atoms with Gasteiger partial charge in [0.05, 0.1) is 25.8 Å². The van der Waals surface area contributed by atoms with Gasteiger partial charge in [0, 0.05) is 12.6 Å². The van der Waals surface area contributed by atoms with E-state index in [1.807, 2.05) is 31.2 Å². The van der Waals surface area contributed by atoms with Gasteiger partial charge in [0.25, 0.3) is 0 Å². The van der Waals surface area contributed by atoms with Crippen molar-refractivity contribution in [3.05, 3.63) is 52.5 Å². The van der Waals surface area contributed by atoms with Gasteiger partial charge in [-0.25, -0.2) is 0 Å². The van der Waals surface area contributed by atoms with Crippen LogP contribution in [0.1, 0.15) is 37.9 Å². The van der Waals surface area contributed by atoms with Crippen molar-refractivity contribution in [2.45, 2.75) is 33.4 Å². The molecule has 0 aromatic heterocycles. The third-order valence-electron chi connectivity index (χ3n) is 4.24. The lowest BCUT2D eigenvalue weighted by molar-refractivity contribution is 0.310. The molecule has 0 aliphatic rings. The minimum atomic E-state index is 0.220. The summed E-state index contributed by atoms with van der Waals surface area (Å²) < 4.78 is 16.3. The summed E-state index contributed by atoms with van der Waals surface area (Å²) in [6, 6.07) is 12.3. The van der Waals surface area contributed by atoms with Gasteiger partial charge in [-0.15, -0.1) is 0 Å². The van der Waals surface area contributed by atoms with Gasteiger partial charge in [-0.05, 0) is 48.2 Å². The molecule has 2 aromatic carbocycles. The van der Waals surface area contributed by atoms with Crippen molar-refractivity contribution in [1.29, 1.82) is 0 Å². The first-order chi connectivity index (χ1) is 12.5. The second-order valence-corrected chi connectivity index (χ2v) is 6.82. The fourth-order valence-electron chi connectivity index (χ4n) is 2.96. The molecule has 0 spiro atoms. The van der Waals surface area contributed by atoms with Crippen molar-refractivity contribution >= 4 is 11.6 Å². The lowest BCUT2D eigenvalue weighted by Crippen LogP contribution is -2.25. The topological polar surface area (TPSA) is 39.7 Å². The highest BCUT2D eigenvalue weighted by Crippen LogP contribution is 2.36. The molecule has 0 saturated heterocycles. The first-order valence-electron chi connectivity index (χ1n) is 8.86. The fraction of sp³-hybridized carbons (Fsp3) is 0.429. The summed E-state index contributed by atoms with van der Waals surface area (Å²) in [4.78, 5) is 0. The molecule has 0 amide bonds. The maximum absolute atomic E-state index is 6.35. The molecule has 1 unspecified atom stereocenters. The van der Waals surface area contributed by atoms with Crippen LogP contribution in [0.25, 0.3) is 0 Å². The number of hydrogen-bond donors (Lipinski definition) is 1. The molecule has 0 aliphatic carbocycles. The molecule has 0 aliphatic heterocycles. The van der Waals surface area contributed by atoms with Crippen LogP contribution >= 0.6 is 11.6 Å². The summed E-state index contributed by atoms with van der Waals surface area (Å²) in [5.74, 6) is 2.54. The molecule has 0 fully saturated rings. The number of benzene rings is 2. The van der Waals surface area contributed by atoms with E-state index in [-0.39, 0.29) is 6.04 Å². The van der Waals surface area contributed by atoms with E-state index in [2.05, 4.69) is 31.3 Å². The highest BCUT2D eigenvalue weighted by atomic mass is 35.5. The van der Waals surface area contributed by atoms with Crippen LogP contribution in [-0.4, -0.2) is 20.8 Å². The Labute approximate surface area is 161 Å². The van der Waals surface area contributed by atoms with Gasteiger partial charge < -0.3 is 19.5 Å². The molecule has 142 valence electrons. The van der Waals surface area contributed by atoms with Crippen LogP contribution in [0, 0.1) is 5.92 Å². The second kappa shape index (κ2) is 9.70. The number of halogens is 1. The Morgan fingerprint density at radius 1 is 1.04 bits per heavy atom. The lowest BCUT2D eigenvalue weighted by atomic mass is 9.95. The van der Waals surface area contributed by atoms with Crippen molar-refractivity contribution in [2.24, 2.45) is 5.92 Å². The van der Waals surface area contributed by atoms with Gasteiger partial charge in [-0.3, -0.25) is 0 Å². The van der Waals surface area contributed by atoms with Crippen molar-refractivity contribution in [1.82, 2.24) is 5.32 Å². The molecule has 4 nitrogen and oxygen atoms in total. The fourth-order valence-corrected chi connectivity index (χ4v) is 3.27. The van der Waals surface area contributed by atoms with Crippen molar-refractivity contribution < 1.29 is 14.2 Å². The zero-order chi connectivity index (χ0) is 19.1. The summed E-state index contributed by atoms with van der Waals surface area (Å²) >= 11 is 6.35. The molecule has 2 aromatic rings. The molecule has 26 heavy (non-hydrogen) atoms. The molecule has 0 radical (unpaired) electrons. The normalized spacial score (nSPS) is 12.1. The zero-order valence-electron chi connectivity index (χ0n) is 16.1. The standard InChI is InChI=1S/C21H28ClNO3/c1-6-26-19-12-15(11-18(22)21(19)25-5)13-23-20(14(2)3)16-7-9-17(24-4)10-8-16/h7-12,14,20,23H,6,13H2,1-5H3. The summed E-state index contributed by atoms with van der Waals surface area (Å²) in [5.41, 5.74) is 2.28. The summed E-state index contributed by atoms with van der Waals surface area (Å²) in [5, 5.41) is 4.18. The monoisotopic (exact) mass is 377 g/mol. The highest BCUT2D eigenvalue weighted by molar-refractivity contribution is 6.32. The predicted molar refractivity (Wildman–Crippen MR) is 107 cm³/mol. The van der Waals surface area contributed by atoms with Gasteiger partial charge in [0.2, 0.25) is 0 Å². The van der Waals surface area contributed by atoms with Crippen LogP contribution in [-0.2, 0) is 6.54 Å². The van der Waals surface area contributed by atoms with Gasteiger partial charge in [-0.1, -0.05) is 37.6 Å². The van der Waals surface area contributed by atoms with Crippen molar-refractivity contribution in [3.63, 3.8) is 0 Å². The van der Waals surface area contributed by atoms with E-state index >= 15 is 0 Å². The number of methoxy groups -OCH3 is 2. The Morgan fingerprint density at radius 2 is 1.73 bits per heavy atom. The third-order valence-corrected chi connectivity index (χ3v) is 4.52. The first kappa shape index (κ1) is 20.4.